The van der Waals surface area contributed by atoms with E-state index in [9.17, 15) is 4.79 Å². The van der Waals surface area contributed by atoms with E-state index in [0.717, 1.165) is 25.9 Å². The molecule has 0 spiro atoms. The molecule has 1 atom stereocenters. The summed E-state index contributed by atoms with van der Waals surface area (Å²) in [6.07, 6.45) is 3.49. The summed E-state index contributed by atoms with van der Waals surface area (Å²) in [5, 5.41) is 11.8. The molecule has 1 aliphatic heterocycles. The van der Waals surface area contributed by atoms with E-state index in [2.05, 4.69) is 5.32 Å². The number of amides is 1. The molecule has 0 aromatic rings. The Bertz CT molecular complexity index is 179. The van der Waals surface area contributed by atoms with Gasteiger partial charge in [0.1, 0.15) is 0 Å². The van der Waals surface area contributed by atoms with E-state index in [-0.39, 0.29) is 18.6 Å². The fourth-order valence-corrected chi connectivity index (χ4v) is 1.58. The Morgan fingerprint density at radius 1 is 1.43 bits per heavy atom. The zero-order valence-electron chi connectivity index (χ0n) is 8.83. The second-order valence-electron chi connectivity index (χ2n) is 3.91. The van der Waals surface area contributed by atoms with Gasteiger partial charge >= 0.3 is 0 Å². The number of aliphatic hydroxyl groups excluding tert-OH is 1. The SMILES string of the molecule is CC(CO)NCC(=O)N1CCCCC1. The molecular formula is C10H20N2O2. The van der Waals surface area contributed by atoms with Crippen LogP contribution in [0.1, 0.15) is 26.2 Å². The maximum atomic E-state index is 11.6. The van der Waals surface area contributed by atoms with Crippen molar-refractivity contribution in [3.63, 3.8) is 0 Å². The zero-order valence-corrected chi connectivity index (χ0v) is 8.83. The minimum Gasteiger partial charge on any atom is -0.395 e. The third kappa shape index (κ3) is 3.64. The van der Waals surface area contributed by atoms with Gasteiger partial charge in [0.2, 0.25) is 5.91 Å². The van der Waals surface area contributed by atoms with Crippen LogP contribution in [-0.2, 0) is 4.79 Å². The first kappa shape index (κ1) is 11.5. The maximum Gasteiger partial charge on any atom is 0.236 e. The van der Waals surface area contributed by atoms with E-state index in [0.29, 0.717) is 6.54 Å². The average molecular weight is 200 g/mol. The molecule has 0 radical (unpaired) electrons. The van der Waals surface area contributed by atoms with Crippen LogP contribution in [-0.4, -0.2) is 48.2 Å². The van der Waals surface area contributed by atoms with Crippen LogP contribution in [0.25, 0.3) is 0 Å². The number of carbonyl (C=O) groups is 1. The van der Waals surface area contributed by atoms with Gasteiger partial charge in [-0.2, -0.15) is 0 Å². The molecule has 4 heteroatoms. The third-order valence-electron chi connectivity index (χ3n) is 2.58. The summed E-state index contributed by atoms with van der Waals surface area (Å²) >= 11 is 0. The maximum absolute atomic E-state index is 11.6. The second kappa shape index (κ2) is 5.98. The lowest BCUT2D eigenvalue weighted by Gasteiger charge is -2.27. The first-order valence-corrected chi connectivity index (χ1v) is 5.36. The molecule has 14 heavy (non-hydrogen) atoms. The third-order valence-corrected chi connectivity index (χ3v) is 2.58. The molecule has 0 bridgehead atoms. The molecule has 1 heterocycles. The summed E-state index contributed by atoms with van der Waals surface area (Å²) in [6, 6.07) is 0.00346. The Morgan fingerprint density at radius 3 is 2.64 bits per heavy atom. The van der Waals surface area contributed by atoms with E-state index in [1.54, 1.807) is 0 Å². The molecule has 0 aromatic carbocycles. The van der Waals surface area contributed by atoms with Gasteiger partial charge < -0.3 is 15.3 Å². The lowest BCUT2D eigenvalue weighted by molar-refractivity contribution is -0.131. The van der Waals surface area contributed by atoms with E-state index < -0.39 is 0 Å². The van der Waals surface area contributed by atoms with Crippen LogP contribution in [0.15, 0.2) is 0 Å². The first-order chi connectivity index (χ1) is 6.74. The van der Waals surface area contributed by atoms with Gasteiger partial charge in [0.05, 0.1) is 13.2 Å². The van der Waals surface area contributed by atoms with Crippen LogP contribution in [0.3, 0.4) is 0 Å². The predicted octanol–water partition coefficient (Wildman–Crippen LogP) is -0.0307. The van der Waals surface area contributed by atoms with Crippen molar-refractivity contribution in [3.8, 4) is 0 Å². The summed E-state index contributed by atoms with van der Waals surface area (Å²) < 4.78 is 0. The largest absolute Gasteiger partial charge is 0.395 e. The fourth-order valence-electron chi connectivity index (χ4n) is 1.58. The van der Waals surface area contributed by atoms with E-state index in [1.165, 1.54) is 6.42 Å². The molecular weight excluding hydrogens is 180 g/mol. The fraction of sp³-hybridized carbons (Fsp3) is 0.900. The van der Waals surface area contributed by atoms with Crippen LogP contribution in [0.2, 0.25) is 0 Å². The van der Waals surface area contributed by atoms with Crippen LogP contribution < -0.4 is 5.32 Å². The summed E-state index contributed by atoms with van der Waals surface area (Å²) in [5.74, 6) is 0.157. The molecule has 82 valence electrons. The van der Waals surface area contributed by atoms with Gasteiger partial charge in [-0.15, -0.1) is 0 Å². The highest BCUT2D eigenvalue weighted by Crippen LogP contribution is 2.08. The van der Waals surface area contributed by atoms with Gasteiger partial charge in [-0.05, 0) is 26.2 Å². The van der Waals surface area contributed by atoms with Crippen molar-refractivity contribution in [2.75, 3.05) is 26.2 Å². The smallest absolute Gasteiger partial charge is 0.236 e. The Balaban J connectivity index is 2.19. The second-order valence-corrected chi connectivity index (χ2v) is 3.91. The molecule has 2 N–H and O–H groups in total. The van der Waals surface area contributed by atoms with Gasteiger partial charge in [-0.25, -0.2) is 0 Å². The summed E-state index contributed by atoms with van der Waals surface area (Å²) in [7, 11) is 0. The lowest BCUT2D eigenvalue weighted by atomic mass is 10.1. The van der Waals surface area contributed by atoms with Crippen molar-refractivity contribution in [1.82, 2.24) is 10.2 Å². The minimum absolute atomic E-state index is 0.00346. The number of carbonyl (C=O) groups excluding carboxylic acids is 1. The van der Waals surface area contributed by atoms with Crippen molar-refractivity contribution < 1.29 is 9.90 Å². The molecule has 1 aliphatic rings. The zero-order chi connectivity index (χ0) is 10.4. The normalized spacial score (nSPS) is 19.4. The number of aliphatic hydroxyl groups is 1. The van der Waals surface area contributed by atoms with E-state index in [1.807, 2.05) is 11.8 Å². The molecule has 4 nitrogen and oxygen atoms in total. The molecule has 1 fully saturated rings. The first-order valence-electron chi connectivity index (χ1n) is 5.36. The average Bonchev–Trinajstić information content (AvgIpc) is 2.26. The topological polar surface area (TPSA) is 52.6 Å². The molecule has 0 saturated carbocycles. The number of hydrogen-bond acceptors (Lipinski definition) is 3. The molecule has 1 saturated heterocycles. The van der Waals surface area contributed by atoms with Gasteiger partial charge in [0.15, 0.2) is 0 Å². The quantitative estimate of drug-likeness (QED) is 0.670. The summed E-state index contributed by atoms with van der Waals surface area (Å²) in [6.45, 7) is 4.08. The Kier molecular flexibility index (Phi) is 4.90. The van der Waals surface area contributed by atoms with E-state index >= 15 is 0 Å². The molecule has 1 amide bonds. The highest BCUT2D eigenvalue weighted by Gasteiger charge is 2.16. The van der Waals surface area contributed by atoms with Crippen molar-refractivity contribution in [2.45, 2.75) is 32.2 Å². The Hall–Kier alpha value is -0.610. The van der Waals surface area contributed by atoms with Crippen LogP contribution in [0.5, 0.6) is 0 Å². The monoisotopic (exact) mass is 200 g/mol. The van der Waals surface area contributed by atoms with Gasteiger partial charge in [-0.3, -0.25) is 4.79 Å². The number of hydrogen-bond donors (Lipinski definition) is 2. The van der Waals surface area contributed by atoms with Crippen LogP contribution in [0.4, 0.5) is 0 Å². The molecule has 1 unspecified atom stereocenters. The Labute approximate surface area is 85.3 Å². The van der Waals surface area contributed by atoms with Gasteiger partial charge in [0.25, 0.3) is 0 Å². The number of nitrogens with one attached hydrogen (secondary N) is 1. The van der Waals surface area contributed by atoms with Crippen LogP contribution >= 0.6 is 0 Å². The summed E-state index contributed by atoms with van der Waals surface area (Å²) in [4.78, 5) is 13.5. The number of nitrogens with zero attached hydrogens (tertiary/aromatic N) is 1. The molecule has 1 rings (SSSR count). The lowest BCUT2D eigenvalue weighted by Crippen LogP contribution is -2.43. The number of rotatable bonds is 4. The van der Waals surface area contributed by atoms with Crippen molar-refractivity contribution in [3.05, 3.63) is 0 Å². The Morgan fingerprint density at radius 2 is 2.07 bits per heavy atom. The van der Waals surface area contributed by atoms with Crippen molar-refractivity contribution in [1.29, 1.82) is 0 Å². The van der Waals surface area contributed by atoms with Gasteiger partial charge in [0, 0.05) is 19.1 Å². The van der Waals surface area contributed by atoms with Crippen molar-refractivity contribution in [2.24, 2.45) is 0 Å². The highest BCUT2D eigenvalue weighted by molar-refractivity contribution is 5.78. The standard InChI is InChI=1S/C10H20N2O2/c1-9(8-13)11-7-10(14)12-5-3-2-4-6-12/h9,11,13H,2-8H2,1H3. The van der Waals surface area contributed by atoms with E-state index in [4.69, 9.17) is 5.11 Å². The predicted molar refractivity (Wildman–Crippen MR) is 55.0 cm³/mol. The number of piperidine rings is 1. The molecule has 0 aromatic heterocycles. The molecule has 0 aliphatic carbocycles. The highest BCUT2D eigenvalue weighted by atomic mass is 16.3. The number of likely N-dealkylation sites (tertiary alicyclic amines) is 1. The van der Waals surface area contributed by atoms with Gasteiger partial charge in [-0.1, -0.05) is 0 Å². The van der Waals surface area contributed by atoms with Crippen LogP contribution in [0, 0.1) is 0 Å². The minimum atomic E-state index is 0.00346. The van der Waals surface area contributed by atoms with Crippen molar-refractivity contribution >= 4 is 5.91 Å². The summed E-state index contributed by atoms with van der Waals surface area (Å²) in [5.41, 5.74) is 0.